The summed E-state index contributed by atoms with van der Waals surface area (Å²) in [4.78, 5) is 4.06. The second kappa shape index (κ2) is 9.60. The highest BCUT2D eigenvalue weighted by molar-refractivity contribution is 7.54. The van der Waals surface area contributed by atoms with Crippen LogP contribution in [-0.4, -0.2) is 37.5 Å². The third-order valence-electron chi connectivity index (χ3n) is 3.72. The molecular weight excluding hydrogens is 371 g/mol. The number of nitrogens with zero attached hydrogens (tertiary/aromatic N) is 1. The first-order chi connectivity index (χ1) is 13.0. The van der Waals surface area contributed by atoms with Gasteiger partial charge in [-0.2, -0.15) is 0 Å². The Balaban J connectivity index is 2.59. The zero-order valence-electron chi connectivity index (χ0n) is 15.8. The number of aromatic hydroxyl groups is 1. The van der Waals surface area contributed by atoms with Gasteiger partial charge in [-0.3, -0.25) is 9.55 Å². The molecule has 1 atom stereocenters. The average Bonchev–Trinajstić information content (AvgIpc) is 2.67. The van der Waals surface area contributed by atoms with E-state index in [-0.39, 0.29) is 30.5 Å². The number of pyridine rings is 1. The molecule has 2 aromatic rings. The third kappa shape index (κ3) is 4.91. The molecule has 2 N–H and O–H groups in total. The van der Waals surface area contributed by atoms with Crippen molar-refractivity contribution in [1.82, 2.24) is 4.98 Å². The van der Waals surface area contributed by atoms with Gasteiger partial charge in [0.05, 0.1) is 33.1 Å². The maximum atomic E-state index is 13.5. The van der Waals surface area contributed by atoms with Crippen LogP contribution in [0.2, 0.25) is 0 Å². The van der Waals surface area contributed by atoms with Crippen molar-refractivity contribution in [2.45, 2.75) is 19.6 Å². The number of methoxy groups -OCH3 is 2. The van der Waals surface area contributed by atoms with E-state index in [0.29, 0.717) is 11.3 Å². The highest BCUT2D eigenvalue weighted by Gasteiger charge is 2.38. The number of hydrogen-bond donors (Lipinski definition) is 2. The fourth-order valence-electron chi connectivity index (χ4n) is 2.57. The van der Waals surface area contributed by atoms with Gasteiger partial charge in [-0.05, 0) is 43.7 Å². The lowest BCUT2D eigenvalue weighted by molar-refractivity contribution is 0.214. The summed E-state index contributed by atoms with van der Waals surface area (Å²) in [6.07, 6.45) is 3.24. The van der Waals surface area contributed by atoms with Gasteiger partial charge in [-0.25, -0.2) is 0 Å². The Hall–Kier alpha value is -2.28. The standard InChI is InChI=1S/C18H25N2O6P/c1-5-25-27(22,26-6-2)18(20-14-8-7-9-19-12-14)13-10-15(23-3)17(21)16(11-13)24-4/h7-12,18,20-21H,5-6H2,1-4H3. The Bertz CT molecular complexity index is 752. The van der Waals surface area contributed by atoms with E-state index in [1.54, 1.807) is 50.5 Å². The second-order valence-electron chi connectivity index (χ2n) is 5.44. The molecule has 2 rings (SSSR count). The molecule has 1 aromatic carbocycles. The number of rotatable bonds is 10. The first kappa shape index (κ1) is 21.0. The number of hydrogen-bond acceptors (Lipinski definition) is 8. The molecule has 0 amide bonds. The maximum Gasteiger partial charge on any atom is 0.357 e. The molecule has 0 radical (unpaired) electrons. The number of benzene rings is 1. The summed E-state index contributed by atoms with van der Waals surface area (Å²) in [7, 11) is -0.778. The average molecular weight is 396 g/mol. The fourth-order valence-corrected chi connectivity index (χ4v) is 4.48. The van der Waals surface area contributed by atoms with Crippen LogP contribution in [0, 0.1) is 0 Å². The van der Waals surface area contributed by atoms with Gasteiger partial charge in [-0.15, -0.1) is 0 Å². The number of aromatic nitrogens is 1. The van der Waals surface area contributed by atoms with Crippen molar-refractivity contribution in [3.63, 3.8) is 0 Å². The number of ether oxygens (including phenoxy) is 2. The number of phenols is 1. The van der Waals surface area contributed by atoms with Crippen LogP contribution in [0.3, 0.4) is 0 Å². The van der Waals surface area contributed by atoms with Gasteiger partial charge in [0.15, 0.2) is 17.3 Å². The van der Waals surface area contributed by atoms with Crippen LogP contribution in [0.1, 0.15) is 25.2 Å². The first-order valence-corrected chi connectivity index (χ1v) is 10.1. The van der Waals surface area contributed by atoms with Crippen molar-refractivity contribution < 1.29 is 28.2 Å². The molecule has 27 heavy (non-hydrogen) atoms. The molecule has 0 aliphatic rings. The number of anilines is 1. The van der Waals surface area contributed by atoms with Gasteiger partial charge in [0, 0.05) is 12.4 Å². The normalized spacial score (nSPS) is 12.4. The van der Waals surface area contributed by atoms with E-state index < -0.39 is 13.4 Å². The summed E-state index contributed by atoms with van der Waals surface area (Å²) in [5.74, 6) is -0.653. The third-order valence-corrected chi connectivity index (χ3v) is 6.01. The minimum atomic E-state index is -3.62. The van der Waals surface area contributed by atoms with Crippen molar-refractivity contribution in [1.29, 1.82) is 0 Å². The number of phenolic OH excluding ortho intramolecular Hbond substituents is 1. The summed E-state index contributed by atoms with van der Waals surface area (Å²) in [5.41, 5.74) is 1.14. The Morgan fingerprint density at radius 3 is 2.19 bits per heavy atom. The van der Waals surface area contributed by atoms with Crippen molar-refractivity contribution in [3.05, 3.63) is 42.2 Å². The highest BCUT2D eigenvalue weighted by Crippen LogP contribution is 2.61. The molecule has 9 heteroatoms. The molecule has 0 bridgehead atoms. The van der Waals surface area contributed by atoms with E-state index in [4.69, 9.17) is 18.5 Å². The molecule has 0 spiro atoms. The van der Waals surface area contributed by atoms with Crippen LogP contribution >= 0.6 is 7.60 Å². The summed E-state index contributed by atoms with van der Waals surface area (Å²) in [6.45, 7) is 3.89. The number of nitrogens with one attached hydrogen (secondary N) is 1. The second-order valence-corrected chi connectivity index (χ2v) is 7.55. The van der Waals surface area contributed by atoms with E-state index in [1.165, 1.54) is 14.2 Å². The predicted octanol–water partition coefficient (Wildman–Crippen LogP) is 4.18. The van der Waals surface area contributed by atoms with Crippen LogP contribution < -0.4 is 14.8 Å². The largest absolute Gasteiger partial charge is 0.502 e. The van der Waals surface area contributed by atoms with Crippen molar-refractivity contribution in [2.75, 3.05) is 32.8 Å². The Kier molecular flexibility index (Phi) is 7.47. The lowest BCUT2D eigenvalue weighted by Crippen LogP contribution is -2.15. The van der Waals surface area contributed by atoms with Gasteiger partial charge in [0.25, 0.3) is 0 Å². The lowest BCUT2D eigenvalue weighted by Gasteiger charge is -2.28. The quantitative estimate of drug-likeness (QED) is 0.577. The Labute approximate surface area is 159 Å². The van der Waals surface area contributed by atoms with Crippen LogP contribution in [-0.2, 0) is 13.6 Å². The summed E-state index contributed by atoms with van der Waals surface area (Å²) in [5, 5.41) is 13.3. The van der Waals surface area contributed by atoms with E-state index >= 15 is 0 Å². The Morgan fingerprint density at radius 1 is 1.15 bits per heavy atom. The Morgan fingerprint density at radius 2 is 1.74 bits per heavy atom. The van der Waals surface area contributed by atoms with E-state index in [9.17, 15) is 9.67 Å². The van der Waals surface area contributed by atoms with Crippen molar-refractivity contribution in [2.24, 2.45) is 0 Å². The maximum absolute atomic E-state index is 13.5. The molecule has 8 nitrogen and oxygen atoms in total. The minimum absolute atomic E-state index is 0.147. The van der Waals surface area contributed by atoms with Crippen molar-refractivity contribution in [3.8, 4) is 17.2 Å². The summed E-state index contributed by atoms with van der Waals surface area (Å²) in [6, 6.07) is 6.67. The van der Waals surface area contributed by atoms with E-state index in [1.807, 2.05) is 0 Å². The van der Waals surface area contributed by atoms with Gasteiger partial charge < -0.3 is 28.9 Å². The topological polar surface area (TPSA) is 99.1 Å². The molecule has 0 aliphatic heterocycles. The lowest BCUT2D eigenvalue weighted by atomic mass is 10.1. The molecular formula is C18H25N2O6P. The van der Waals surface area contributed by atoms with Gasteiger partial charge in [0.1, 0.15) is 0 Å². The molecule has 0 saturated heterocycles. The molecule has 0 saturated carbocycles. The monoisotopic (exact) mass is 396 g/mol. The zero-order chi connectivity index (χ0) is 19.9. The highest BCUT2D eigenvalue weighted by atomic mass is 31.2. The van der Waals surface area contributed by atoms with E-state index in [0.717, 1.165) is 0 Å². The smallest absolute Gasteiger partial charge is 0.357 e. The molecule has 0 fully saturated rings. The van der Waals surface area contributed by atoms with Crippen LogP contribution in [0.4, 0.5) is 5.69 Å². The van der Waals surface area contributed by atoms with Crippen LogP contribution in [0.5, 0.6) is 17.2 Å². The minimum Gasteiger partial charge on any atom is -0.502 e. The van der Waals surface area contributed by atoms with Gasteiger partial charge in [0.2, 0.25) is 5.75 Å². The van der Waals surface area contributed by atoms with Gasteiger partial charge in [-0.1, -0.05) is 0 Å². The molecule has 0 aliphatic carbocycles. The van der Waals surface area contributed by atoms with Crippen molar-refractivity contribution >= 4 is 13.3 Å². The summed E-state index contributed by atoms with van der Waals surface area (Å²) >= 11 is 0. The summed E-state index contributed by atoms with van der Waals surface area (Å²) < 4.78 is 35.1. The SMILES string of the molecule is CCOP(=O)(OCC)C(Nc1cccnc1)c1cc(OC)c(O)c(OC)c1. The zero-order valence-corrected chi connectivity index (χ0v) is 16.7. The molecule has 1 unspecified atom stereocenters. The molecule has 1 heterocycles. The fraction of sp³-hybridized carbons (Fsp3) is 0.389. The first-order valence-electron chi connectivity index (χ1n) is 8.49. The molecule has 148 valence electrons. The van der Waals surface area contributed by atoms with Gasteiger partial charge >= 0.3 is 7.60 Å². The molecule has 1 aromatic heterocycles. The predicted molar refractivity (Wildman–Crippen MR) is 103 cm³/mol. The van der Waals surface area contributed by atoms with Crippen LogP contribution in [0.25, 0.3) is 0 Å². The van der Waals surface area contributed by atoms with Crippen LogP contribution in [0.15, 0.2) is 36.7 Å². The van der Waals surface area contributed by atoms with E-state index in [2.05, 4.69) is 10.3 Å².